The lowest BCUT2D eigenvalue weighted by Gasteiger charge is -2.08. The Morgan fingerprint density at radius 3 is 2.72 bits per heavy atom. The van der Waals surface area contributed by atoms with E-state index in [2.05, 4.69) is 37.9 Å². The Balaban J connectivity index is 2.04. The van der Waals surface area contributed by atoms with Crippen molar-refractivity contribution in [1.29, 1.82) is 0 Å². The molecule has 0 saturated heterocycles. The maximum absolute atomic E-state index is 5.76. The van der Waals surface area contributed by atoms with Crippen LogP contribution in [0.2, 0.25) is 5.28 Å². The molecule has 0 saturated carbocycles. The minimum Gasteiger partial charge on any atom is -0.497 e. The van der Waals surface area contributed by atoms with E-state index in [4.69, 9.17) is 16.3 Å². The summed E-state index contributed by atoms with van der Waals surface area (Å²) >= 11 is 7.92. The van der Waals surface area contributed by atoms with Crippen molar-refractivity contribution in [3.63, 3.8) is 0 Å². The van der Waals surface area contributed by atoms with Gasteiger partial charge in [0, 0.05) is 12.7 Å². The Labute approximate surface area is 124 Å². The van der Waals surface area contributed by atoms with Crippen LogP contribution >= 0.6 is 34.2 Å². The van der Waals surface area contributed by atoms with Crippen LogP contribution in [0, 0.1) is 3.57 Å². The summed E-state index contributed by atoms with van der Waals surface area (Å²) in [7, 11) is 1.65. The number of nitrogens with one attached hydrogen (secondary N) is 1. The second-order valence-corrected chi connectivity index (χ2v) is 5.04. The van der Waals surface area contributed by atoms with Crippen LogP contribution in [-0.4, -0.2) is 17.1 Å². The van der Waals surface area contributed by atoms with Crippen LogP contribution in [0.4, 0.5) is 5.82 Å². The lowest BCUT2D eigenvalue weighted by molar-refractivity contribution is 0.414. The molecule has 0 fully saturated rings. The molecule has 1 N–H and O–H groups in total. The summed E-state index contributed by atoms with van der Waals surface area (Å²) in [6, 6.07) is 7.85. The van der Waals surface area contributed by atoms with E-state index in [9.17, 15) is 0 Å². The molecule has 2 rings (SSSR count). The monoisotopic (exact) mass is 375 g/mol. The highest BCUT2D eigenvalue weighted by Crippen LogP contribution is 2.18. The van der Waals surface area contributed by atoms with Gasteiger partial charge in [0.15, 0.2) is 0 Å². The first-order valence-corrected chi connectivity index (χ1v) is 6.69. The molecule has 1 aromatic heterocycles. The van der Waals surface area contributed by atoms with Gasteiger partial charge in [-0.3, -0.25) is 0 Å². The average molecular weight is 376 g/mol. The Kier molecular flexibility index (Phi) is 4.60. The fourth-order valence-corrected chi connectivity index (χ4v) is 1.98. The number of halogens is 2. The number of nitrogens with zero attached hydrogens (tertiary/aromatic N) is 2. The summed E-state index contributed by atoms with van der Waals surface area (Å²) in [5.41, 5.74) is 1.14. The van der Waals surface area contributed by atoms with Gasteiger partial charge in [0.25, 0.3) is 0 Å². The number of benzene rings is 1. The van der Waals surface area contributed by atoms with E-state index in [-0.39, 0.29) is 5.28 Å². The Bertz CT molecular complexity index is 533. The van der Waals surface area contributed by atoms with E-state index < -0.39 is 0 Å². The Morgan fingerprint density at radius 1 is 1.33 bits per heavy atom. The van der Waals surface area contributed by atoms with Gasteiger partial charge in [-0.2, -0.15) is 4.98 Å². The molecule has 0 unspecified atom stereocenters. The molecule has 0 radical (unpaired) electrons. The van der Waals surface area contributed by atoms with E-state index in [1.54, 1.807) is 13.3 Å². The molecule has 2 aromatic rings. The van der Waals surface area contributed by atoms with Crippen LogP contribution in [0.3, 0.4) is 0 Å². The van der Waals surface area contributed by atoms with Crippen LogP contribution in [0.25, 0.3) is 0 Å². The van der Waals surface area contributed by atoms with Crippen molar-refractivity contribution in [3.8, 4) is 5.75 Å². The van der Waals surface area contributed by atoms with Crippen molar-refractivity contribution < 1.29 is 4.74 Å². The van der Waals surface area contributed by atoms with Crippen molar-refractivity contribution >= 4 is 40.0 Å². The minimum absolute atomic E-state index is 0.243. The number of rotatable bonds is 4. The number of aromatic nitrogens is 2. The zero-order valence-corrected chi connectivity index (χ0v) is 12.6. The molecule has 0 aliphatic carbocycles. The first kappa shape index (κ1) is 13.4. The van der Waals surface area contributed by atoms with Crippen LogP contribution in [0.5, 0.6) is 5.75 Å². The van der Waals surface area contributed by atoms with Gasteiger partial charge < -0.3 is 10.1 Å². The van der Waals surface area contributed by atoms with Crippen LogP contribution < -0.4 is 10.1 Å². The number of methoxy groups -OCH3 is 1. The molecule has 1 aromatic carbocycles. The third kappa shape index (κ3) is 3.46. The lowest BCUT2D eigenvalue weighted by atomic mass is 10.2. The molecule has 94 valence electrons. The Hall–Kier alpha value is -1.08. The number of hydrogen-bond acceptors (Lipinski definition) is 4. The second-order valence-electron chi connectivity index (χ2n) is 3.54. The maximum atomic E-state index is 5.76. The molecule has 0 amide bonds. The first-order chi connectivity index (χ1) is 8.69. The second kappa shape index (κ2) is 6.19. The van der Waals surface area contributed by atoms with Gasteiger partial charge in [-0.1, -0.05) is 12.1 Å². The summed E-state index contributed by atoms with van der Waals surface area (Å²) in [4.78, 5) is 8.04. The molecule has 18 heavy (non-hydrogen) atoms. The van der Waals surface area contributed by atoms with Crippen LogP contribution in [-0.2, 0) is 6.54 Å². The highest BCUT2D eigenvalue weighted by atomic mass is 127. The smallest absolute Gasteiger partial charge is 0.224 e. The Morgan fingerprint density at radius 2 is 2.06 bits per heavy atom. The van der Waals surface area contributed by atoms with Gasteiger partial charge in [0.05, 0.1) is 10.7 Å². The summed E-state index contributed by atoms with van der Waals surface area (Å²) in [5, 5.41) is 3.47. The summed E-state index contributed by atoms with van der Waals surface area (Å²) in [6.07, 6.45) is 1.69. The minimum atomic E-state index is 0.243. The van der Waals surface area contributed by atoms with Gasteiger partial charge in [0.2, 0.25) is 5.28 Å². The quantitative estimate of drug-likeness (QED) is 0.657. The van der Waals surface area contributed by atoms with Gasteiger partial charge in [-0.25, -0.2) is 4.98 Å². The largest absolute Gasteiger partial charge is 0.497 e. The molecule has 0 atom stereocenters. The number of anilines is 1. The highest BCUT2D eigenvalue weighted by molar-refractivity contribution is 14.1. The third-order valence-corrected chi connectivity index (χ3v) is 3.31. The van der Waals surface area contributed by atoms with E-state index in [1.165, 1.54) is 0 Å². The van der Waals surface area contributed by atoms with Crippen molar-refractivity contribution in [1.82, 2.24) is 9.97 Å². The molecule has 0 aliphatic rings. The summed E-state index contributed by atoms with van der Waals surface area (Å²) in [5.74, 6) is 1.59. The van der Waals surface area contributed by atoms with E-state index in [0.29, 0.717) is 6.54 Å². The molecule has 0 aliphatic heterocycles. The maximum Gasteiger partial charge on any atom is 0.224 e. The molecule has 0 bridgehead atoms. The van der Waals surface area contributed by atoms with E-state index in [1.807, 2.05) is 24.3 Å². The van der Waals surface area contributed by atoms with Crippen LogP contribution in [0.1, 0.15) is 5.56 Å². The summed E-state index contributed by atoms with van der Waals surface area (Å²) in [6.45, 7) is 0.674. The third-order valence-electron chi connectivity index (χ3n) is 2.33. The molecule has 1 heterocycles. The normalized spacial score (nSPS) is 10.2. The van der Waals surface area contributed by atoms with Crippen molar-refractivity contribution in [3.05, 3.63) is 44.9 Å². The predicted octanol–water partition coefficient (Wildman–Crippen LogP) is 3.36. The predicted molar refractivity (Wildman–Crippen MR) is 80.1 cm³/mol. The number of ether oxygens (including phenoxy) is 1. The number of hydrogen-bond donors (Lipinski definition) is 1. The molecular weight excluding hydrogens is 365 g/mol. The van der Waals surface area contributed by atoms with Gasteiger partial charge >= 0.3 is 0 Å². The van der Waals surface area contributed by atoms with E-state index >= 15 is 0 Å². The zero-order chi connectivity index (χ0) is 13.0. The van der Waals surface area contributed by atoms with Gasteiger partial charge in [-0.15, -0.1) is 0 Å². The average Bonchev–Trinajstić information content (AvgIpc) is 2.40. The highest BCUT2D eigenvalue weighted by Gasteiger charge is 2.03. The molecule has 6 heteroatoms. The van der Waals surface area contributed by atoms with Crippen LogP contribution in [0.15, 0.2) is 30.5 Å². The molecular formula is C12H11ClIN3O. The standard InChI is InChI=1S/C12H11ClIN3O/c1-18-9-4-2-8(3-5-9)6-15-11-10(14)7-16-12(13)17-11/h2-5,7H,6H2,1H3,(H,15,16,17). The topological polar surface area (TPSA) is 47.0 Å². The zero-order valence-electron chi connectivity index (χ0n) is 9.65. The van der Waals surface area contributed by atoms with Crippen molar-refractivity contribution in [2.24, 2.45) is 0 Å². The van der Waals surface area contributed by atoms with Crippen molar-refractivity contribution in [2.45, 2.75) is 6.54 Å². The van der Waals surface area contributed by atoms with Crippen molar-refractivity contribution in [2.75, 3.05) is 12.4 Å². The lowest BCUT2D eigenvalue weighted by Crippen LogP contribution is -2.04. The molecule has 0 spiro atoms. The van der Waals surface area contributed by atoms with E-state index in [0.717, 1.165) is 20.7 Å². The molecule has 4 nitrogen and oxygen atoms in total. The fourth-order valence-electron chi connectivity index (χ4n) is 1.40. The first-order valence-electron chi connectivity index (χ1n) is 5.24. The van der Waals surface area contributed by atoms with Gasteiger partial charge in [-0.05, 0) is 51.9 Å². The SMILES string of the molecule is COc1ccc(CNc2nc(Cl)ncc2I)cc1. The fraction of sp³-hybridized carbons (Fsp3) is 0.167. The van der Waals surface area contributed by atoms with Gasteiger partial charge in [0.1, 0.15) is 11.6 Å². The summed E-state index contributed by atoms with van der Waals surface area (Å²) < 4.78 is 6.04.